The lowest BCUT2D eigenvalue weighted by Gasteiger charge is -2.10. The van der Waals surface area contributed by atoms with Crippen molar-refractivity contribution in [2.24, 2.45) is 0 Å². The second-order valence-electron chi connectivity index (χ2n) is 4.46. The lowest BCUT2D eigenvalue weighted by atomic mass is 10.1. The Morgan fingerprint density at radius 3 is 2.85 bits per heavy atom. The fourth-order valence-corrected chi connectivity index (χ4v) is 2.68. The highest BCUT2D eigenvalue weighted by Crippen LogP contribution is 2.26. The molecule has 0 amide bonds. The number of rotatable bonds is 3. The van der Waals surface area contributed by atoms with E-state index in [2.05, 4.69) is 32.3 Å². The molecule has 0 unspecified atom stereocenters. The molecule has 0 saturated heterocycles. The van der Waals surface area contributed by atoms with E-state index in [1.165, 1.54) is 5.56 Å². The third-order valence-corrected chi connectivity index (χ3v) is 3.96. The van der Waals surface area contributed by atoms with Gasteiger partial charge >= 0.3 is 0 Å². The summed E-state index contributed by atoms with van der Waals surface area (Å²) in [6.07, 6.45) is 1.84. The molecule has 0 radical (unpaired) electrons. The van der Waals surface area contributed by atoms with Gasteiger partial charge in [-0.3, -0.25) is 4.98 Å². The van der Waals surface area contributed by atoms with E-state index in [1.807, 2.05) is 48.7 Å². The molecule has 0 atom stereocenters. The van der Waals surface area contributed by atoms with Crippen molar-refractivity contribution in [1.82, 2.24) is 4.98 Å². The highest BCUT2D eigenvalue weighted by atomic mass is 79.9. The number of hydrogen-bond acceptors (Lipinski definition) is 2. The van der Waals surface area contributed by atoms with Crippen molar-refractivity contribution in [3.8, 4) is 0 Å². The second kappa shape index (κ2) is 5.81. The third-order valence-electron chi connectivity index (χ3n) is 3.14. The minimum absolute atomic E-state index is 0.708. The smallest absolute Gasteiger partial charge is 0.0705 e. The van der Waals surface area contributed by atoms with Crippen LogP contribution in [0.1, 0.15) is 5.56 Å². The first-order chi connectivity index (χ1) is 9.74. The SMILES string of the molecule is Clc1ccc(Br)cc1NCc1ccnc2ccccc12. The van der Waals surface area contributed by atoms with Crippen LogP contribution >= 0.6 is 27.5 Å². The number of benzene rings is 2. The first-order valence-corrected chi connectivity index (χ1v) is 7.43. The molecule has 2 aromatic carbocycles. The normalized spacial score (nSPS) is 10.7. The lowest BCUT2D eigenvalue weighted by Crippen LogP contribution is -2.01. The predicted molar refractivity (Wildman–Crippen MR) is 88.2 cm³/mol. The summed E-state index contributed by atoms with van der Waals surface area (Å²) in [5.74, 6) is 0. The van der Waals surface area contributed by atoms with E-state index >= 15 is 0 Å². The Morgan fingerprint density at radius 1 is 1.10 bits per heavy atom. The van der Waals surface area contributed by atoms with Gasteiger partial charge in [0.05, 0.1) is 16.2 Å². The summed E-state index contributed by atoms with van der Waals surface area (Å²) >= 11 is 9.64. The fraction of sp³-hybridized carbons (Fsp3) is 0.0625. The Bertz CT molecular complexity index is 753. The molecule has 4 heteroatoms. The fourth-order valence-electron chi connectivity index (χ4n) is 2.13. The number of anilines is 1. The van der Waals surface area contributed by atoms with E-state index in [-0.39, 0.29) is 0 Å². The van der Waals surface area contributed by atoms with Gasteiger partial charge in [-0.2, -0.15) is 0 Å². The minimum atomic E-state index is 0.708. The van der Waals surface area contributed by atoms with E-state index in [0.717, 1.165) is 21.1 Å². The summed E-state index contributed by atoms with van der Waals surface area (Å²) in [4.78, 5) is 4.37. The zero-order valence-corrected chi connectivity index (χ0v) is 12.9. The molecule has 20 heavy (non-hydrogen) atoms. The molecule has 2 nitrogen and oxygen atoms in total. The van der Waals surface area contributed by atoms with Crippen LogP contribution in [0.2, 0.25) is 5.02 Å². The Kier molecular flexibility index (Phi) is 3.90. The van der Waals surface area contributed by atoms with Crippen molar-refractivity contribution < 1.29 is 0 Å². The molecule has 100 valence electrons. The highest BCUT2D eigenvalue weighted by Gasteiger charge is 2.04. The van der Waals surface area contributed by atoms with E-state index < -0.39 is 0 Å². The van der Waals surface area contributed by atoms with Crippen molar-refractivity contribution >= 4 is 44.1 Å². The number of hydrogen-bond donors (Lipinski definition) is 1. The molecular weight excluding hydrogens is 336 g/mol. The molecule has 0 aliphatic carbocycles. The lowest BCUT2D eigenvalue weighted by molar-refractivity contribution is 1.16. The Morgan fingerprint density at radius 2 is 1.95 bits per heavy atom. The molecule has 0 aliphatic heterocycles. The first-order valence-electron chi connectivity index (χ1n) is 6.25. The average Bonchev–Trinajstić information content (AvgIpc) is 2.48. The van der Waals surface area contributed by atoms with Gasteiger partial charge in [0, 0.05) is 22.6 Å². The van der Waals surface area contributed by atoms with Crippen LogP contribution < -0.4 is 5.32 Å². The van der Waals surface area contributed by atoms with Gasteiger partial charge in [0.2, 0.25) is 0 Å². The molecule has 0 bridgehead atoms. The van der Waals surface area contributed by atoms with Crippen molar-refractivity contribution in [2.75, 3.05) is 5.32 Å². The topological polar surface area (TPSA) is 24.9 Å². The first kappa shape index (κ1) is 13.4. The van der Waals surface area contributed by atoms with Crippen LogP contribution in [0.25, 0.3) is 10.9 Å². The van der Waals surface area contributed by atoms with Gasteiger partial charge in [-0.15, -0.1) is 0 Å². The van der Waals surface area contributed by atoms with E-state index in [0.29, 0.717) is 11.6 Å². The summed E-state index contributed by atoms with van der Waals surface area (Å²) < 4.78 is 1.00. The molecule has 1 heterocycles. The second-order valence-corrected chi connectivity index (χ2v) is 5.79. The molecule has 0 fully saturated rings. The largest absolute Gasteiger partial charge is 0.380 e. The van der Waals surface area contributed by atoms with E-state index in [1.54, 1.807) is 0 Å². The van der Waals surface area contributed by atoms with Gasteiger partial charge in [-0.1, -0.05) is 45.7 Å². The van der Waals surface area contributed by atoms with Gasteiger partial charge in [-0.05, 0) is 35.9 Å². The number of nitrogens with one attached hydrogen (secondary N) is 1. The standard InChI is InChI=1S/C16H12BrClN2/c17-12-5-6-14(18)16(9-12)20-10-11-7-8-19-15-4-2-1-3-13(11)15/h1-9,20H,10H2. The number of fused-ring (bicyclic) bond motifs is 1. The molecule has 3 aromatic rings. The molecule has 0 saturated carbocycles. The van der Waals surface area contributed by atoms with Crippen LogP contribution in [-0.2, 0) is 6.54 Å². The van der Waals surface area contributed by atoms with Gasteiger partial charge < -0.3 is 5.32 Å². The number of nitrogens with zero attached hydrogens (tertiary/aromatic N) is 1. The molecular formula is C16H12BrClN2. The van der Waals surface area contributed by atoms with E-state index in [4.69, 9.17) is 11.6 Å². The van der Waals surface area contributed by atoms with Crippen LogP contribution in [0.3, 0.4) is 0 Å². The Labute approximate surface area is 130 Å². The predicted octanol–water partition coefficient (Wildman–Crippen LogP) is 5.26. The molecule has 1 N–H and O–H groups in total. The van der Waals surface area contributed by atoms with Crippen LogP contribution in [0.15, 0.2) is 59.2 Å². The maximum atomic E-state index is 6.19. The van der Waals surface area contributed by atoms with Crippen molar-refractivity contribution in [1.29, 1.82) is 0 Å². The van der Waals surface area contributed by atoms with E-state index in [9.17, 15) is 0 Å². The van der Waals surface area contributed by atoms with Gasteiger partial charge in [0.15, 0.2) is 0 Å². The average molecular weight is 348 g/mol. The summed E-state index contributed by atoms with van der Waals surface area (Å²) in [5, 5.41) is 5.25. The summed E-state index contributed by atoms with van der Waals surface area (Å²) in [5.41, 5.74) is 3.13. The third kappa shape index (κ3) is 2.79. The van der Waals surface area contributed by atoms with Gasteiger partial charge in [-0.25, -0.2) is 0 Å². The zero-order chi connectivity index (χ0) is 13.9. The number of para-hydroxylation sites is 1. The maximum absolute atomic E-state index is 6.19. The monoisotopic (exact) mass is 346 g/mol. The molecule has 0 aliphatic rings. The Hall–Kier alpha value is -1.58. The van der Waals surface area contributed by atoms with Gasteiger partial charge in [0.25, 0.3) is 0 Å². The zero-order valence-electron chi connectivity index (χ0n) is 10.6. The summed E-state index contributed by atoms with van der Waals surface area (Å²) in [6.45, 7) is 0.708. The van der Waals surface area contributed by atoms with Gasteiger partial charge in [0.1, 0.15) is 0 Å². The Balaban J connectivity index is 1.89. The van der Waals surface area contributed by atoms with Crippen LogP contribution in [0.5, 0.6) is 0 Å². The van der Waals surface area contributed by atoms with Crippen LogP contribution in [0, 0.1) is 0 Å². The summed E-state index contributed by atoms with van der Waals surface area (Å²) in [7, 11) is 0. The minimum Gasteiger partial charge on any atom is -0.380 e. The number of halogens is 2. The quantitative estimate of drug-likeness (QED) is 0.699. The maximum Gasteiger partial charge on any atom is 0.0705 e. The number of aromatic nitrogens is 1. The van der Waals surface area contributed by atoms with Crippen LogP contribution in [0.4, 0.5) is 5.69 Å². The van der Waals surface area contributed by atoms with Crippen molar-refractivity contribution in [3.05, 3.63) is 69.8 Å². The van der Waals surface area contributed by atoms with Crippen molar-refractivity contribution in [3.63, 3.8) is 0 Å². The highest BCUT2D eigenvalue weighted by molar-refractivity contribution is 9.10. The van der Waals surface area contributed by atoms with Crippen LogP contribution in [-0.4, -0.2) is 4.98 Å². The molecule has 3 rings (SSSR count). The molecule has 0 spiro atoms. The summed E-state index contributed by atoms with van der Waals surface area (Å²) in [6, 6.07) is 15.9. The number of pyridine rings is 1. The molecule has 1 aromatic heterocycles. The van der Waals surface area contributed by atoms with Crippen molar-refractivity contribution in [2.45, 2.75) is 6.54 Å².